The molecule has 0 saturated heterocycles. The van der Waals surface area contributed by atoms with E-state index in [9.17, 15) is 9.59 Å². The second kappa shape index (κ2) is 9.82. The number of hydrogen-bond acceptors (Lipinski definition) is 3. The number of carbonyl (C=O) groups excluding carboxylic acids is 2. The van der Waals surface area contributed by atoms with Crippen LogP contribution in [-0.4, -0.2) is 25.5 Å². The summed E-state index contributed by atoms with van der Waals surface area (Å²) in [5.41, 5.74) is 2.40. The zero-order valence-corrected chi connectivity index (χ0v) is 15.7. The lowest BCUT2D eigenvalue weighted by Crippen LogP contribution is -2.21. The van der Waals surface area contributed by atoms with Crippen molar-refractivity contribution in [1.29, 1.82) is 0 Å². The maximum absolute atomic E-state index is 12.1. The molecule has 0 saturated carbocycles. The molecule has 0 aromatic heterocycles. The minimum Gasteiger partial charge on any atom is -0.494 e. The Morgan fingerprint density at radius 1 is 1.12 bits per heavy atom. The van der Waals surface area contributed by atoms with Gasteiger partial charge in [0.05, 0.1) is 13.0 Å². The van der Waals surface area contributed by atoms with Gasteiger partial charge in [-0.05, 0) is 48.7 Å². The molecule has 0 spiro atoms. The summed E-state index contributed by atoms with van der Waals surface area (Å²) in [5, 5.41) is 6.15. The van der Waals surface area contributed by atoms with Crippen LogP contribution in [0.4, 0.5) is 5.69 Å². The third-order valence-corrected chi connectivity index (χ3v) is 4.29. The van der Waals surface area contributed by atoms with Gasteiger partial charge in [0, 0.05) is 24.2 Å². The van der Waals surface area contributed by atoms with Crippen LogP contribution in [-0.2, 0) is 16.0 Å². The lowest BCUT2D eigenvalue weighted by molar-refractivity contribution is -0.120. The fraction of sp³-hybridized carbons (Fsp3) is 0.300. The van der Waals surface area contributed by atoms with Gasteiger partial charge in [-0.15, -0.1) is 0 Å². The van der Waals surface area contributed by atoms with E-state index in [1.54, 1.807) is 19.2 Å². The maximum atomic E-state index is 12.1. The molecule has 0 bridgehead atoms. The quantitative estimate of drug-likeness (QED) is 0.692. The van der Waals surface area contributed by atoms with E-state index in [2.05, 4.69) is 10.6 Å². The first-order valence-corrected chi connectivity index (χ1v) is 8.84. The van der Waals surface area contributed by atoms with Crippen LogP contribution in [0.1, 0.15) is 24.0 Å². The molecule has 2 rings (SSSR count). The standard InChI is InChI=1S/C20H23ClN2O3/c1-14-12-16(9-10-17(14)21)26-11-5-8-19(24)23-18-7-4-3-6-15(18)13-20(25)22-2/h3-4,6-7,9-10,12H,5,8,11,13H2,1-2H3,(H,22,25)(H,23,24). The molecule has 2 amide bonds. The molecule has 26 heavy (non-hydrogen) atoms. The average Bonchev–Trinajstić information content (AvgIpc) is 2.63. The van der Waals surface area contributed by atoms with Crippen LogP contribution in [0.5, 0.6) is 5.75 Å². The highest BCUT2D eigenvalue weighted by Crippen LogP contribution is 2.21. The zero-order valence-electron chi connectivity index (χ0n) is 15.0. The van der Waals surface area contributed by atoms with Crippen LogP contribution < -0.4 is 15.4 Å². The Morgan fingerprint density at radius 2 is 1.88 bits per heavy atom. The maximum Gasteiger partial charge on any atom is 0.224 e. The fourth-order valence-corrected chi connectivity index (χ4v) is 2.52. The minimum atomic E-state index is -0.106. The van der Waals surface area contributed by atoms with Gasteiger partial charge < -0.3 is 15.4 Å². The SMILES string of the molecule is CNC(=O)Cc1ccccc1NC(=O)CCCOc1ccc(Cl)c(C)c1. The molecule has 5 nitrogen and oxygen atoms in total. The van der Waals surface area contributed by atoms with E-state index in [1.165, 1.54) is 0 Å². The average molecular weight is 375 g/mol. The van der Waals surface area contributed by atoms with Crippen molar-refractivity contribution in [2.45, 2.75) is 26.2 Å². The summed E-state index contributed by atoms with van der Waals surface area (Å²) in [7, 11) is 1.59. The molecule has 0 heterocycles. The van der Waals surface area contributed by atoms with Gasteiger partial charge in [-0.2, -0.15) is 0 Å². The summed E-state index contributed by atoms with van der Waals surface area (Å²) < 4.78 is 5.64. The highest BCUT2D eigenvalue weighted by Gasteiger charge is 2.09. The van der Waals surface area contributed by atoms with Crippen molar-refractivity contribution in [3.05, 3.63) is 58.6 Å². The van der Waals surface area contributed by atoms with Gasteiger partial charge in [0.2, 0.25) is 11.8 Å². The topological polar surface area (TPSA) is 67.4 Å². The normalized spacial score (nSPS) is 10.3. The largest absolute Gasteiger partial charge is 0.494 e. The van der Waals surface area contributed by atoms with E-state index >= 15 is 0 Å². The molecule has 0 aliphatic carbocycles. The number of nitrogens with one attached hydrogen (secondary N) is 2. The summed E-state index contributed by atoms with van der Waals surface area (Å²) in [6.45, 7) is 2.35. The van der Waals surface area contributed by atoms with Crippen molar-refractivity contribution in [2.75, 3.05) is 19.0 Å². The van der Waals surface area contributed by atoms with Crippen LogP contribution in [0.25, 0.3) is 0 Å². The molecule has 2 aromatic carbocycles. The highest BCUT2D eigenvalue weighted by atomic mass is 35.5. The number of halogens is 1. The van der Waals surface area contributed by atoms with Crippen molar-refractivity contribution in [1.82, 2.24) is 5.32 Å². The number of benzene rings is 2. The van der Waals surface area contributed by atoms with Gasteiger partial charge in [0.15, 0.2) is 0 Å². The van der Waals surface area contributed by atoms with Gasteiger partial charge >= 0.3 is 0 Å². The molecule has 2 N–H and O–H groups in total. The van der Waals surface area contributed by atoms with Crippen molar-refractivity contribution in [3.8, 4) is 5.75 Å². The Hall–Kier alpha value is -2.53. The van der Waals surface area contributed by atoms with Crippen LogP contribution in [0.2, 0.25) is 5.02 Å². The zero-order chi connectivity index (χ0) is 18.9. The molecule has 138 valence electrons. The Bertz CT molecular complexity index is 777. The van der Waals surface area contributed by atoms with E-state index in [0.717, 1.165) is 16.9 Å². The number of ether oxygens (including phenoxy) is 1. The molecular formula is C20H23ClN2O3. The predicted octanol–water partition coefficient (Wildman–Crippen LogP) is 3.73. The Balaban J connectivity index is 1.80. The molecule has 2 aromatic rings. The number of amides is 2. The van der Waals surface area contributed by atoms with Crippen molar-refractivity contribution in [2.24, 2.45) is 0 Å². The minimum absolute atomic E-state index is 0.0987. The second-order valence-corrected chi connectivity index (χ2v) is 6.33. The molecule has 0 unspecified atom stereocenters. The summed E-state index contributed by atoms with van der Waals surface area (Å²) in [6, 6.07) is 12.8. The first-order chi connectivity index (χ1) is 12.5. The molecular weight excluding hydrogens is 352 g/mol. The van der Waals surface area contributed by atoms with Gasteiger partial charge in [-0.3, -0.25) is 9.59 Å². The van der Waals surface area contributed by atoms with Crippen molar-refractivity contribution < 1.29 is 14.3 Å². The first-order valence-electron chi connectivity index (χ1n) is 8.47. The van der Waals surface area contributed by atoms with Gasteiger partial charge in [-0.25, -0.2) is 0 Å². The van der Waals surface area contributed by atoms with Crippen LogP contribution in [0.3, 0.4) is 0 Å². The van der Waals surface area contributed by atoms with Gasteiger partial charge in [-0.1, -0.05) is 29.8 Å². The monoisotopic (exact) mass is 374 g/mol. The van der Waals surface area contributed by atoms with E-state index in [-0.39, 0.29) is 18.2 Å². The number of carbonyl (C=O) groups is 2. The van der Waals surface area contributed by atoms with Gasteiger partial charge in [0.25, 0.3) is 0 Å². The smallest absolute Gasteiger partial charge is 0.224 e. The van der Waals surface area contributed by atoms with E-state index in [1.807, 2.05) is 37.3 Å². The number of hydrogen-bond donors (Lipinski definition) is 2. The third-order valence-electron chi connectivity index (χ3n) is 3.87. The Kier molecular flexibility index (Phi) is 7.48. The van der Waals surface area contributed by atoms with Crippen LogP contribution >= 0.6 is 11.6 Å². The number of anilines is 1. The summed E-state index contributed by atoms with van der Waals surface area (Å²) in [5.74, 6) is 0.534. The lowest BCUT2D eigenvalue weighted by Gasteiger charge is -2.11. The summed E-state index contributed by atoms with van der Waals surface area (Å²) in [4.78, 5) is 23.7. The lowest BCUT2D eigenvalue weighted by atomic mass is 10.1. The fourth-order valence-electron chi connectivity index (χ4n) is 2.40. The predicted molar refractivity (Wildman–Crippen MR) is 104 cm³/mol. The van der Waals surface area contributed by atoms with Crippen LogP contribution in [0.15, 0.2) is 42.5 Å². The second-order valence-electron chi connectivity index (χ2n) is 5.92. The number of rotatable bonds is 8. The number of aryl methyl sites for hydroxylation is 1. The van der Waals surface area contributed by atoms with E-state index < -0.39 is 0 Å². The molecule has 0 radical (unpaired) electrons. The molecule has 6 heteroatoms. The summed E-state index contributed by atoms with van der Waals surface area (Å²) >= 11 is 5.98. The molecule has 0 fully saturated rings. The Morgan fingerprint density at radius 3 is 2.62 bits per heavy atom. The van der Waals surface area contributed by atoms with E-state index in [4.69, 9.17) is 16.3 Å². The summed E-state index contributed by atoms with van der Waals surface area (Å²) in [6.07, 6.45) is 1.15. The van der Waals surface area contributed by atoms with Crippen molar-refractivity contribution >= 4 is 29.1 Å². The third kappa shape index (κ3) is 6.08. The van der Waals surface area contributed by atoms with Crippen molar-refractivity contribution in [3.63, 3.8) is 0 Å². The first kappa shape index (κ1) is 19.8. The molecule has 0 aliphatic rings. The van der Waals surface area contributed by atoms with Crippen LogP contribution in [0, 0.1) is 6.92 Å². The Labute approximate surface area is 158 Å². The van der Waals surface area contributed by atoms with E-state index in [0.29, 0.717) is 30.2 Å². The number of likely N-dealkylation sites (N-methyl/N-ethyl adjacent to an activating group) is 1. The molecule has 0 atom stereocenters. The van der Waals surface area contributed by atoms with Gasteiger partial charge in [0.1, 0.15) is 5.75 Å². The number of para-hydroxylation sites is 1. The highest BCUT2D eigenvalue weighted by molar-refractivity contribution is 6.31. The molecule has 0 aliphatic heterocycles.